The minimum absolute atomic E-state index is 0.356. The number of piperazine rings is 1. The zero-order valence-electron chi connectivity index (χ0n) is 14.9. The molecule has 0 radical (unpaired) electrons. The van der Waals surface area contributed by atoms with Crippen LogP contribution in [0.5, 0.6) is 0 Å². The standard InChI is InChI=1S/C19H30ClN3O/c1-15-12-23(13-16(2)24-15)10-9-22-8-7-21-19(14-22)11-17-3-5-18(20)6-4-17/h3-6,15-16,19,21H,7-14H2,1-2H3/t15-,16+,19-/m1/s1. The number of nitrogens with one attached hydrogen (secondary N) is 1. The van der Waals surface area contributed by atoms with Gasteiger partial charge in [0, 0.05) is 56.9 Å². The first kappa shape index (κ1) is 18.2. The van der Waals surface area contributed by atoms with Crippen LogP contribution in [-0.4, -0.2) is 73.9 Å². The van der Waals surface area contributed by atoms with Gasteiger partial charge >= 0.3 is 0 Å². The number of rotatable bonds is 5. The fraction of sp³-hybridized carbons (Fsp3) is 0.684. The highest BCUT2D eigenvalue weighted by atomic mass is 35.5. The molecule has 0 unspecified atom stereocenters. The summed E-state index contributed by atoms with van der Waals surface area (Å²) in [7, 11) is 0. The van der Waals surface area contributed by atoms with Crippen LogP contribution in [0.1, 0.15) is 19.4 Å². The molecule has 0 aromatic heterocycles. The summed E-state index contributed by atoms with van der Waals surface area (Å²) in [5.41, 5.74) is 1.36. The Balaban J connectivity index is 1.44. The summed E-state index contributed by atoms with van der Waals surface area (Å²) in [6, 6.07) is 8.78. The van der Waals surface area contributed by atoms with Crippen LogP contribution in [0.25, 0.3) is 0 Å². The smallest absolute Gasteiger partial charge is 0.0678 e. The van der Waals surface area contributed by atoms with Gasteiger partial charge in [0.05, 0.1) is 12.2 Å². The molecule has 2 saturated heterocycles. The average molecular weight is 352 g/mol. The van der Waals surface area contributed by atoms with Crippen molar-refractivity contribution >= 4 is 11.6 Å². The van der Waals surface area contributed by atoms with Gasteiger partial charge in [0.25, 0.3) is 0 Å². The van der Waals surface area contributed by atoms with Gasteiger partial charge in [-0.25, -0.2) is 0 Å². The molecule has 134 valence electrons. The van der Waals surface area contributed by atoms with E-state index in [1.54, 1.807) is 0 Å². The second-order valence-electron chi connectivity index (χ2n) is 7.30. The van der Waals surface area contributed by atoms with E-state index < -0.39 is 0 Å². The van der Waals surface area contributed by atoms with Crippen LogP contribution in [0.2, 0.25) is 5.02 Å². The van der Waals surface area contributed by atoms with Crippen LogP contribution >= 0.6 is 11.6 Å². The number of hydrogen-bond acceptors (Lipinski definition) is 4. The summed E-state index contributed by atoms with van der Waals surface area (Å²) in [5.74, 6) is 0. The molecule has 0 saturated carbocycles. The van der Waals surface area contributed by atoms with Gasteiger partial charge in [-0.15, -0.1) is 0 Å². The van der Waals surface area contributed by atoms with Crippen LogP contribution < -0.4 is 5.32 Å². The summed E-state index contributed by atoms with van der Waals surface area (Å²) in [4.78, 5) is 5.15. The van der Waals surface area contributed by atoms with Crippen molar-refractivity contribution in [1.82, 2.24) is 15.1 Å². The van der Waals surface area contributed by atoms with E-state index in [1.165, 1.54) is 5.56 Å². The Morgan fingerprint density at radius 2 is 1.71 bits per heavy atom. The molecule has 2 aliphatic rings. The Morgan fingerprint density at radius 3 is 2.42 bits per heavy atom. The topological polar surface area (TPSA) is 27.7 Å². The van der Waals surface area contributed by atoms with Crippen molar-refractivity contribution in [2.75, 3.05) is 45.8 Å². The summed E-state index contributed by atoms with van der Waals surface area (Å²) < 4.78 is 5.83. The van der Waals surface area contributed by atoms with Crippen LogP contribution in [-0.2, 0) is 11.2 Å². The molecular weight excluding hydrogens is 322 g/mol. The van der Waals surface area contributed by atoms with Gasteiger partial charge in [0.2, 0.25) is 0 Å². The van der Waals surface area contributed by atoms with Crippen molar-refractivity contribution < 1.29 is 4.74 Å². The van der Waals surface area contributed by atoms with Crippen LogP contribution in [0.3, 0.4) is 0 Å². The lowest BCUT2D eigenvalue weighted by Gasteiger charge is -2.38. The Morgan fingerprint density at radius 1 is 1.04 bits per heavy atom. The van der Waals surface area contributed by atoms with Crippen molar-refractivity contribution in [3.8, 4) is 0 Å². The first-order chi connectivity index (χ1) is 11.6. The minimum Gasteiger partial charge on any atom is -0.373 e. The first-order valence-corrected chi connectivity index (χ1v) is 9.54. The predicted octanol–water partition coefficient (Wildman–Crippen LogP) is 2.27. The first-order valence-electron chi connectivity index (χ1n) is 9.16. The summed E-state index contributed by atoms with van der Waals surface area (Å²) in [6.07, 6.45) is 1.78. The van der Waals surface area contributed by atoms with Gasteiger partial charge in [0.1, 0.15) is 0 Å². The third-order valence-electron chi connectivity index (χ3n) is 4.96. The second kappa shape index (κ2) is 8.63. The van der Waals surface area contributed by atoms with E-state index in [1.807, 2.05) is 12.1 Å². The van der Waals surface area contributed by atoms with Crippen molar-refractivity contribution in [3.63, 3.8) is 0 Å². The highest BCUT2D eigenvalue weighted by Gasteiger charge is 2.24. The molecule has 3 atom stereocenters. The number of ether oxygens (including phenoxy) is 1. The number of halogens is 1. The largest absolute Gasteiger partial charge is 0.373 e. The highest BCUT2D eigenvalue weighted by Crippen LogP contribution is 2.14. The SMILES string of the molecule is C[C@@H]1CN(CCN2CCN[C@H](Cc3ccc(Cl)cc3)C2)C[C@H](C)O1. The molecule has 3 rings (SSSR count). The lowest BCUT2D eigenvalue weighted by Crippen LogP contribution is -2.54. The Labute approximate surface area is 151 Å². The Hall–Kier alpha value is -0.650. The second-order valence-corrected chi connectivity index (χ2v) is 7.74. The molecule has 0 amide bonds. The minimum atomic E-state index is 0.356. The fourth-order valence-electron chi connectivity index (χ4n) is 3.89. The molecule has 0 spiro atoms. The van der Waals surface area contributed by atoms with Crippen molar-refractivity contribution in [2.45, 2.75) is 38.5 Å². The fourth-order valence-corrected chi connectivity index (χ4v) is 4.01. The van der Waals surface area contributed by atoms with Gasteiger partial charge in [0.15, 0.2) is 0 Å². The van der Waals surface area contributed by atoms with E-state index in [0.29, 0.717) is 18.2 Å². The van der Waals surface area contributed by atoms with Crippen molar-refractivity contribution in [1.29, 1.82) is 0 Å². The van der Waals surface area contributed by atoms with Gasteiger partial charge in [-0.05, 0) is 38.0 Å². The maximum atomic E-state index is 5.98. The summed E-state index contributed by atoms with van der Waals surface area (Å²) in [6.45, 7) is 12.1. The maximum Gasteiger partial charge on any atom is 0.0678 e. The maximum absolute atomic E-state index is 5.98. The Kier molecular flexibility index (Phi) is 6.53. The molecule has 1 aromatic rings. The Bertz CT molecular complexity index is 500. The van der Waals surface area contributed by atoms with Crippen LogP contribution in [0, 0.1) is 0 Å². The highest BCUT2D eigenvalue weighted by molar-refractivity contribution is 6.30. The van der Waals surface area contributed by atoms with Crippen LogP contribution in [0.15, 0.2) is 24.3 Å². The molecule has 2 heterocycles. The van der Waals surface area contributed by atoms with Gasteiger partial charge in [-0.1, -0.05) is 23.7 Å². The number of benzene rings is 1. The molecule has 24 heavy (non-hydrogen) atoms. The van der Waals surface area contributed by atoms with Gasteiger partial charge < -0.3 is 10.1 Å². The lowest BCUT2D eigenvalue weighted by molar-refractivity contribution is -0.0696. The molecule has 2 fully saturated rings. The third kappa shape index (κ3) is 5.43. The number of hydrogen-bond donors (Lipinski definition) is 1. The molecular formula is C19H30ClN3O. The number of morpholine rings is 1. The molecule has 2 aliphatic heterocycles. The molecule has 4 nitrogen and oxygen atoms in total. The average Bonchev–Trinajstić information content (AvgIpc) is 2.55. The van der Waals surface area contributed by atoms with Gasteiger partial charge in [-0.2, -0.15) is 0 Å². The van der Waals surface area contributed by atoms with E-state index in [0.717, 1.165) is 57.3 Å². The summed E-state index contributed by atoms with van der Waals surface area (Å²) in [5, 5.41) is 4.47. The molecule has 5 heteroatoms. The lowest BCUT2D eigenvalue weighted by atomic mass is 10.0. The van der Waals surface area contributed by atoms with Crippen molar-refractivity contribution in [3.05, 3.63) is 34.9 Å². The molecule has 1 N–H and O–H groups in total. The molecule has 1 aromatic carbocycles. The van der Waals surface area contributed by atoms with Crippen LogP contribution in [0.4, 0.5) is 0 Å². The quantitative estimate of drug-likeness (QED) is 0.880. The van der Waals surface area contributed by atoms with E-state index in [-0.39, 0.29) is 0 Å². The van der Waals surface area contributed by atoms with E-state index in [9.17, 15) is 0 Å². The predicted molar refractivity (Wildman–Crippen MR) is 99.8 cm³/mol. The van der Waals surface area contributed by atoms with Gasteiger partial charge in [-0.3, -0.25) is 9.80 Å². The zero-order chi connectivity index (χ0) is 16.9. The number of nitrogens with zero attached hydrogens (tertiary/aromatic N) is 2. The third-order valence-corrected chi connectivity index (χ3v) is 5.21. The normalized spacial score (nSPS) is 29.7. The molecule has 0 aliphatic carbocycles. The van der Waals surface area contributed by atoms with E-state index in [4.69, 9.17) is 16.3 Å². The van der Waals surface area contributed by atoms with E-state index >= 15 is 0 Å². The zero-order valence-corrected chi connectivity index (χ0v) is 15.6. The van der Waals surface area contributed by atoms with E-state index in [2.05, 4.69) is 41.1 Å². The molecule has 0 bridgehead atoms. The van der Waals surface area contributed by atoms with Crippen molar-refractivity contribution in [2.24, 2.45) is 0 Å². The monoisotopic (exact) mass is 351 g/mol. The summed E-state index contributed by atoms with van der Waals surface area (Å²) >= 11 is 5.98.